The summed E-state index contributed by atoms with van der Waals surface area (Å²) in [6, 6.07) is 61.0. The van der Waals surface area contributed by atoms with Crippen molar-refractivity contribution in [2.24, 2.45) is 0 Å². The first kappa shape index (κ1) is 42.6. The van der Waals surface area contributed by atoms with Crippen molar-refractivity contribution < 1.29 is 5.11 Å². The molecule has 0 fully saturated rings. The van der Waals surface area contributed by atoms with Crippen molar-refractivity contribution in [1.29, 1.82) is 0 Å². The van der Waals surface area contributed by atoms with Crippen LogP contribution in [-0.2, 0) is 16.2 Å². The fourth-order valence-corrected chi connectivity index (χ4v) is 9.30. The number of hydrogen-bond donors (Lipinski definition) is 1. The number of pyridine rings is 1. The van der Waals surface area contributed by atoms with Gasteiger partial charge in [0.25, 0.3) is 0 Å². The van der Waals surface area contributed by atoms with Crippen molar-refractivity contribution in [1.82, 2.24) is 14.5 Å². The van der Waals surface area contributed by atoms with Crippen LogP contribution in [0.1, 0.15) is 79.0 Å². The maximum Gasteiger partial charge on any atom is 0.149 e. The fraction of sp³-hybridized carbons (Fsp3) is 0.194. The second-order valence-electron chi connectivity index (χ2n) is 21.0. The zero-order valence-corrected chi connectivity index (χ0v) is 39.5. The van der Waals surface area contributed by atoms with Crippen LogP contribution in [0.25, 0.3) is 94.3 Å². The van der Waals surface area contributed by atoms with Gasteiger partial charge in [-0.25, -0.2) is 4.98 Å². The van der Waals surface area contributed by atoms with E-state index in [2.05, 4.69) is 225 Å². The Labute approximate surface area is 389 Å². The number of benzene rings is 8. The van der Waals surface area contributed by atoms with Crippen molar-refractivity contribution in [3.63, 3.8) is 0 Å². The number of hydrogen-bond acceptors (Lipinski definition) is 3. The van der Waals surface area contributed by atoms with E-state index in [9.17, 15) is 5.11 Å². The Hall–Kier alpha value is -7.30. The summed E-state index contributed by atoms with van der Waals surface area (Å²) in [6.07, 6.45) is 1.94. The molecule has 0 unspecified atom stereocenters. The molecule has 0 atom stereocenters. The van der Waals surface area contributed by atoms with E-state index in [1.807, 2.05) is 18.3 Å². The van der Waals surface area contributed by atoms with E-state index in [-0.39, 0.29) is 22.0 Å². The normalized spacial score (nSPS) is 12.4. The first-order chi connectivity index (χ1) is 31.5. The monoisotopic (exact) mass is 859 g/mol. The summed E-state index contributed by atoms with van der Waals surface area (Å²) in [6.45, 7) is 20.2. The maximum absolute atomic E-state index is 11.8. The summed E-state index contributed by atoms with van der Waals surface area (Å²) in [5.41, 5.74) is 16.5. The van der Waals surface area contributed by atoms with E-state index in [1.165, 1.54) is 33.0 Å². The number of imidazole rings is 1. The Balaban J connectivity index is 1.27. The van der Waals surface area contributed by atoms with Gasteiger partial charge in [0.15, 0.2) is 0 Å². The minimum atomic E-state index is -0.145. The maximum atomic E-state index is 11.8. The SMILES string of the molecule is CC(C)(C)c1ccc(-n2c(-c3cc(C(C)(C)C)ccc3O)nc3c(-c4cccc(-c5cc(C(C)(C)C)cc6c(-c7ccccc7)ccnc56)c4)cc(-c4ccc5ccccc5c4)cc32)cc1. The van der Waals surface area contributed by atoms with Gasteiger partial charge in [-0.2, -0.15) is 0 Å². The summed E-state index contributed by atoms with van der Waals surface area (Å²) in [4.78, 5) is 10.7. The Morgan fingerprint density at radius 1 is 0.409 bits per heavy atom. The fourth-order valence-electron chi connectivity index (χ4n) is 9.30. The van der Waals surface area contributed by atoms with Crippen LogP contribution in [0.5, 0.6) is 5.75 Å². The van der Waals surface area contributed by atoms with Crippen LogP contribution < -0.4 is 0 Å². The third-order valence-electron chi connectivity index (χ3n) is 13.2. The molecule has 8 aromatic carbocycles. The molecule has 0 saturated carbocycles. The molecule has 2 heterocycles. The minimum absolute atomic E-state index is 0.0184. The van der Waals surface area contributed by atoms with Crippen LogP contribution >= 0.6 is 0 Å². The number of aromatic nitrogens is 3. The van der Waals surface area contributed by atoms with E-state index < -0.39 is 0 Å². The summed E-state index contributed by atoms with van der Waals surface area (Å²) < 4.78 is 2.25. The van der Waals surface area contributed by atoms with Gasteiger partial charge in [-0.05, 0) is 144 Å². The predicted octanol–water partition coefficient (Wildman–Crippen LogP) is 16.7. The van der Waals surface area contributed by atoms with Crippen LogP contribution in [0.4, 0.5) is 0 Å². The van der Waals surface area contributed by atoms with E-state index >= 15 is 0 Å². The van der Waals surface area contributed by atoms with E-state index in [0.29, 0.717) is 11.4 Å². The zero-order valence-electron chi connectivity index (χ0n) is 39.5. The quantitative estimate of drug-likeness (QED) is 0.181. The molecule has 0 aliphatic heterocycles. The highest BCUT2D eigenvalue weighted by atomic mass is 16.3. The van der Waals surface area contributed by atoms with E-state index in [0.717, 1.165) is 66.6 Å². The van der Waals surface area contributed by atoms with Crippen molar-refractivity contribution in [3.05, 3.63) is 193 Å². The van der Waals surface area contributed by atoms with E-state index in [1.54, 1.807) is 0 Å². The van der Waals surface area contributed by atoms with Crippen LogP contribution in [0, 0.1) is 0 Å². The van der Waals surface area contributed by atoms with Crippen LogP contribution in [0.3, 0.4) is 0 Å². The lowest BCUT2D eigenvalue weighted by atomic mass is 9.83. The number of rotatable bonds is 6. The molecule has 10 aromatic rings. The van der Waals surface area contributed by atoms with Crippen LogP contribution in [0.15, 0.2) is 176 Å². The van der Waals surface area contributed by atoms with Crippen molar-refractivity contribution in [2.75, 3.05) is 0 Å². The molecule has 0 aliphatic rings. The number of phenols is 1. The second kappa shape index (κ2) is 16.0. The highest BCUT2D eigenvalue weighted by molar-refractivity contribution is 6.04. The lowest BCUT2D eigenvalue weighted by molar-refractivity contribution is 0.475. The van der Waals surface area contributed by atoms with Gasteiger partial charge in [0.1, 0.15) is 11.6 Å². The van der Waals surface area contributed by atoms with Gasteiger partial charge in [-0.1, -0.05) is 165 Å². The second-order valence-corrected chi connectivity index (χ2v) is 21.0. The molecule has 10 rings (SSSR count). The molecular weight excluding hydrogens is 803 g/mol. The lowest BCUT2D eigenvalue weighted by Crippen LogP contribution is -2.11. The average Bonchev–Trinajstić information content (AvgIpc) is 3.69. The van der Waals surface area contributed by atoms with Crippen molar-refractivity contribution >= 4 is 32.7 Å². The Morgan fingerprint density at radius 3 is 1.73 bits per heavy atom. The minimum Gasteiger partial charge on any atom is -0.507 e. The van der Waals surface area contributed by atoms with Crippen molar-refractivity contribution in [2.45, 2.75) is 78.6 Å². The summed E-state index contributed by atoms with van der Waals surface area (Å²) >= 11 is 0. The third-order valence-corrected chi connectivity index (χ3v) is 13.2. The Kier molecular flexibility index (Phi) is 10.3. The zero-order chi connectivity index (χ0) is 46.1. The molecule has 0 radical (unpaired) electrons. The van der Waals surface area contributed by atoms with Gasteiger partial charge < -0.3 is 5.11 Å². The molecule has 0 saturated heterocycles. The average molecular weight is 860 g/mol. The van der Waals surface area contributed by atoms with Gasteiger partial charge >= 0.3 is 0 Å². The van der Waals surface area contributed by atoms with Crippen molar-refractivity contribution in [3.8, 4) is 67.3 Å². The van der Waals surface area contributed by atoms with Gasteiger partial charge in [-0.3, -0.25) is 9.55 Å². The third kappa shape index (κ3) is 7.85. The first-order valence-electron chi connectivity index (χ1n) is 23.1. The molecule has 1 N–H and O–H groups in total. The van der Waals surface area contributed by atoms with Gasteiger partial charge in [0.05, 0.1) is 22.1 Å². The predicted molar refractivity (Wildman–Crippen MR) is 279 cm³/mol. The molecule has 0 bridgehead atoms. The number of nitrogens with zero attached hydrogens (tertiary/aromatic N) is 3. The van der Waals surface area contributed by atoms with E-state index in [4.69, 9.17) is 9.97 Å². The molecule has 2 aromatic heterocycles. The highest BCUT2D eigenvalue weighted by Gasteiger charge is 2.25. The lowest BCUT2D eigenvalue weighted by Gasteiger charge is -2.22. The number of fused-ring (bicyclic) bond motifs is 3. The molecule has 0 amide bonds. The van der Waals surface area contributed by atoms with Gasteiger partial charge in [-0.15, -0.1) is 0 Å². The smallest absolute Gasteiger partial charge is 0.149 e. The summed E-state index contributed by atoms with van der Waals surface area (Å²) in [7, 11) is 0. The largest absolute Gasteiger partial charge is 0.507 e. The standard InChI is InChI=1S/C62H57N3O/c1-60(2,3)46-24-27-49(28-25-46)65-55-35-45(42-23-22-39-16-13-14-19-41(39)32-42)34-51(58(55)64-59(65)54-36-47(61(4,5)6)26-29-56(54)66)43-20-15-21-44(33-43)52-37-48(62(7,8)9)38-53-50(30-31-63-57(52)53)40-17-11-10-12-18-40/h10-38,66H,1-9H3. The Bertz CT molecular complexity index is 3460. The molecule has 326 valence electrons. The molecular formula is C62H57N3O. The van der Waals surface area contributed by atoms with Gasteiger partial charge in [0, 0.05) is 28.4 Å². The van der Waals surface area contributed by atoms with Crippen LogP contribution in [0.2, 0.25) is 0 Å². The van der Waals surface area contributed by atoms with Crippen LogP contribution in [-0.4, -0.2) is 19.6 Å². The number of phenolic OH excluding ortho intramolecular Hbond substituents is 1. The summed E-state index contributed by atoms with van der Waals surface area (Å²) in [5.74, 6) is 0.879. The molecule has 4 nitrogen and oxygen atoms in total. The Morgan fingerprint density at radius 2 is 1.03 bits per heavy atom. The molecule has 4 heteroatoms. The molecule has 66 heavy (non-hydrogen) atoms. The van der Waals surface area contributed by atoms with Gasteiger partial charge in [0.2, 0.25) is 0 Å². The molecule has 0 aliphatic carbocycles. The topological polar surface area (TPSA) is 50.9 Å². The number of aromatic hydroxyl groups is 1. The first-order valence-corrected chi connectivity index (χ1v) is 23.1. The molecule has 0 spiro atoms. The summed E-state index contributed by atoms with van der Waals surface area (Å²) in [5, 5.41) is 15.3. The highest BCUT2D eigenvalue weighted by Crippen LogP contribution is 2.44.